The number of nitrogens with one attached hydrogen (secondary N) is 1. The van der Waals surface area contributed by atoms with Crippen molar-refractivity contribution in [3.05, 3.63) is 59.7 Å². The van der Waals surface area contributed by atoms with Crippen molar-refractivity contribution in [3.8, 4) is 0 Å². The molecule has 0 aromatic heterocycles. The third-order valence-corrected chi connectivity index (χ3v) is 7.64. The smallest absolute Gasteiger partial charge is 0.243 e. The van der Waals surface area contributed by atoms with Gasteiger partial charge in [0, 0.05) is 42.3 Å². The highest BCUT2D eigenvalue weighted by Crippen LogP contribution is 2.37. The molecule has 1 aliphatic rings. The third-order valence-electron chi connectivity index (χ3n) is 4.42. The summed E-state index contributed by atoms with van der Waals surface area (Å²) in [6.45, 7) is 1.87. The molecule has 9 heteroatoms. The number of benzene rings is 2. The van der Waals surface area contributed by atoms with Crippen LogP contribution in [0.4, 0.5) is 14.5 Å². The zero-order chi connectivity index (χ0) is 20.3. The monoisotopic (exact) mass is 426 g/mol. The minimum atomic E-state index is -3.72. The highest BCUT2D eigenvalue weighted by atomic mass is 32.2. The summed E-state index contributed by atoms with van der Waals surface area (Å²) in [5.41, 5.74) is 0.781. The van der Waals surface area contributed by atoms with Crippen LogP contribution in [0, 0.1) is 11.6 Å². The van der Waals surface area contributed by atoms with E-state index >= 15 is 0 Å². The van der Waals surface area contributed by atoms with Gasteiger partial charge >= 0.3 is 0 Å². The molecular formula is C19H20F2N2O3S2. The minimum Gasteiger partial charge on any atom is -0.326 e. The summed E-state index contributed by atoms with van der Waals surface area (Å²) < 4.78 is 54.8. The Kier molecular flexibility index (Phi) is 6.36. The molecule has 2 aromatic carbocycles. The van der Waals surface area contributed by atoms with E-state index in [0.717, 1.165) is 12.1 Å². The van der Waals surface area contributed by atoms with Gasteiger partial charge in [-0.1, -0.05) is 0 Å². The number of halogens is 2. The molecule has 2 aromatic rings. The molecule has 3 rings (SSSR count). The normalized spacial score (nSPS) is 18.5. The predicted octanol–water partition coefficient (Wildman–Crippen LogP) is 3.79. The van der Waals surface area contributed by atoms with Crippen LogP contribution in [0.15, 0.2) is 47.4 Å². The molecule has 0 saturated carbocycles. The van der Waals surface area contributed by atoms with Crippen molar-refractivity contribution in [2.24, 2.45) is 0 Å². The number of rotatable bonds is 4. The molecule has 1 fully saturated rings. The summed E-state index contributed by atoms with van der Waals surface area (Å²) in [7, 11) is -3.72. The standard InChI is InChI=1S/C19H20F2N2O3S2/c1-13(24)22-15-3-5-16(6-4-15)28(25,26)23-9-8-19(27-11-10-23)17-12-14(20)2-7-18(17)21/h2-7,12,19H,8-11H2,1H3,(H,22,24). The van der Waals surface area contributed by atoms with E-state index in [1.54, 1.807) is 0 Å². The number of amides is 1. The van der Waals surface area contributed by atoms with Crippen LogP contribution in [0.5, 0.6) is 0 Å². The Morgan fingerprint density at radius 1 is 1.14 bits per heavy atom. The molecule has 1 saturated heterocycles. The van der Waals surface area contributed by atoms with Gasteiger partial charge in [0.25, 0.3) is 0 Å². The van der Waals surface area contributed by atoms with Crippen LogP contribution in [0.1, 0.15) is 24.2 Å². The SMILES string of the molecule is CC(=O)Nc1ccc(S(=O)(=O)N2CCSC(c3cc(F)ccc3F)CC2)cc1. The number of nitrogens with zero attached hydrogens (tertiary/aromatic N) is 1. The molecule has 0 aliphatic carbocycles. The van der Waals surface area contributed by atoms with Crippen molar-refractivity contribution in [2.75, 3.05) is 24.2 Å². The lowest BCUT2D eigenvalue weighted by Crippen LogP contribution is -2.33. The van der Waals surface area contributed by atoms with Crippen molar-refractivity contribution in [1.29, 1.82) is 0 Å². The zero-order valence-corrected chi connectivity index (χ0v) is 16.8. The van der Waals surface area contributed by atoms with Crippen LogP contribution in [-0.2, 0) is 14.8 Å². The fourth-order valence-corrected chi connectivity index (χ4v) is 5.88. The average molecular weight is 427 g/mol. The van der Waals surface area contributed by atoms with Crippen molar-refractivity contribution < 1.29 is 22.0 Å². The number of hydrogen-bond acceptors (Lipinski definition) is 4. The van der Waals surface area contributed by atoms with Crippen LogP contribution in [0.3, 0.4) is 0 Å². The molecule has 150 valence electrons. The van der Waals surface area contributed by atoms with Gasteiger partial charge in [-0.3, -0.25) is 4.79 Å². The highest BCUT2D eigenvalue weighted by Gasteiger charge is 2.29. The van der Waals surface area contributed by atoms with E-state index in [1.165, 1.54) is 53.3 Å². The lowest BCUT2D eigenvalue weighted by atomic mass is 10.1. The van der Waals surface area contributed by atoms with Gasteiger partial charge in [-0.25, -0.2) is 17.2 Å². The fraction of sp³-hybridized carbons (Fsp3) is 0.316. The molecule has 1 unspecified atom stereocenters. The summed E-state index contributed by atoms with van der Waals surface area (Å²) in [6, 6.07) is 9.31. The summed E-state index contributed by atoms with van der Waals surface area (Å²) in [4.78, 5) is 11.2. The Bertz CT molecular complexity index is 966. The topological polar surface area (TPSA) is 66.5 Å². The number of sulfonamides is 1. The Labute approximate surface area is 167 Å². The minimum absolute atomic E-state index is 0.127. The Morgan fingerprint density at radius 3 is 2.54 bits per heavy atom. The van der Waals surface area contributed by atoms with E-state index in [4.69, 9.17) is 0 Å². The van der Waals surface area contributed by atoms with Crippen LogP contribution >= 0.6 is 11.8 Å². The van der Waals surface area contributed by atoms with Gasteiger partial charge in [-0.2, -0.15) is 16.1 Å². The first kappa shape index (κ1) is 20.8. The molecular weight excluding hydrogens is 406 g/mol. The first-order chi connectivity index (χ1) is 13.3. The van der Waals surface area contributed by atoms with Crippen molar-refractivity contribution in [3.63, 3.8) is 0 Å². The molecule has 1 N–H and O–H groups in total. The number of anilines is 1. The summed E-state index contributed by atoms with van der Waals surface area (Å²) >= 11 is 1.42. The number of thioether (sulfide) groups is 1. The summed E-state index contributed by atoms with van der Waals surface area (Å²) in [6.07, 6.45) is 0.383. The molecule has 1 aliphatic heterocycles. The molecule has 1 atom stereocenters. The lowest BCUT2D eigenvalue weighted by Gasteiger charge is -2.20. The van der Waals surface area contributed by atoms with Crippen LogP contribution in [0.25, 0.3) is 0 Å². The first-order valence-electron chi connectivity index (χ1n) is 8.72. The lowest BCUT2D eigenvalue weighted by molar-refractivity contribution is -0.114. The van der Waals surface area contributed by atoms with E-state index in [0.29, 0.717) is 17.9 Å². The molecule has 5 nitrogen and oxygen atoms in total. The molecule has 1 amide bonds. The van der Waals surface area contributed by atoms with E-state index in [-0.39, 0.29) is 34.7 Å². The molecule has 0 bridgehead atoms. The third kappa shape index (κ3) is 4.71. The highest BCUT2D eigenvalue weighted by molar-refractivity contribution is 7.99. The summed E-state index contributed by atoms with van der Waals surface area (Å²) in [5.74, 6) is -0.756. The second-order valence-corrected chi connectivity index (χ2v) is 9.67. The Morgan fingerprint density at radius 2 is 1.86 bits per heavy atom. The van der Waals surface area contributed by atoms with Gasteiger partial charge in [-0.15, -0.1) is 0 Å². The quantitative estimate of drug-likeness (QED) is 0.808. The van der Waals surface area contributed by atoms with Gasteiger partial charge in [0.05, 0.1) is 4.90 Å². The van der Waals surface area contributed by atoms with E-state index in [9.17, 15) is 22.0 Å². The second-order valence-electron chi connectivity index (χ2n) is 6.42. The molecule has 0 spiro atoms. The van der Waals surface area contributed by atoms with Crippen molar-refractivity contribution >= 4 is 33.4 Å². The number of carbonyl (C=O) groups excluding carboxylic acids is 1. The molecule has 0 radical (unpaired) electrons. The van der Waals surface area contributed by atoms with E-state index in [1.807, 2.05) is 0 Å². The van der Waals surface area contributed by atoms with E-state index in [2.05, 4.69) is 5.32 Å². The molecule has 1 heterocycles. The fourth-order valence-electron chi connectivity index (χ4n) is 3.06. The largest absolute Gasteiger partial charge is 0.326 e. The van der Waals surface area contributed by atoms with Gasteiger partial charge < -0.3 is 5.32 Å². The van der Waals surface area contributed by atoms with E-state index < -0.39 is 21.7 Å². The molecule has 28 heavy (non-hydrogen) atoms. The van der Waals surface area contributed by atoms with Crippen LogP contribution < -0.4 is 5.32 Å². The first-order valence-corrected chi connectivity index (χ1v) is 11.2. The van der Waals surface area contributed by atoms with Crippen LogP contribution in [0.2, 0.25) is 0 Å². The zero-order valence-electron chi connectivity index (χ0n) is 15.2. The summed E-state index contributed by atoms with van der Waals surface area (Å²) in [5, 5.41) is 2.28. The predicted molar refractivity (Wildman–Crippen MR) is 106 cm³/mol. The maximum absolute atomic E-state index is 14.1. The average Bonchev–Trinajstić information content (AvgIpc) is 2.90. The van der Waals surface area contributed by atoms with Crippen molar-refractivity contribution in [1.82, 2.24) is 4.31 Å². The van der Waals surface area contributed by atoms with Gasteiger partial charge in [-0.05, 0) is 48.9 Å². The van der Waals surface area contributed by atoms with Gasteiger partial charge in [0.15, 0.2) is 0 Å². The Balaban J connectivity index is 1.75. The number of carbonyl (C=O) groups is 1. The number of hydrogen-bond donors (Lipinski definition) is 1. The maximum Gasteiger partial charge on any atom is 0.243 e. The second kappa shape index (κ2) is 8.59. The maximum atomic E-state index is 14.1. The Hall–Kier alpha value is -1.97. The van der Waals surface area contributed by atoms with Crippen LogP contribution in [-0.4, -0.2) is 37.5 Å². The van der Waals surface area contributed by atoms with Gasteiger partial charge in [0.2, 0.25) is 15.9 Å². The van der Waals surface area contributed by atoms with Gasteiger partial charge in [0.1, 0.15) is 11.6 Å². The van der Waals surface area contributed by atoms with Crippen molar-refractivity contribution in [2.45, 2.75) is 23.5 Å².